The minimum Gasteiger partial charge on any atom is -0.326 e. The zero-order chi connectivity index (χ0) is 15.0. The minimum atomic E-state index is -5.03. The van der Waals surface area contributed by atoms with Crippen LogP contribution in [0, 0.1) is 0 Å². The van der Waals surface area contributed by atoms with E-state index in [0.717, 1.165) is 0 Å². The third kappa shape index (κ3) is 3.16. The van der Waals surface area contributed by atoms with E-state index in [9.17, 15) is 30.4 Å². The number of hydrogen-bond donors (Lipinski definition) is 2. The second-order valence-electron chi connectivity index (χ2n) is 3.42. The fraction of sp³-hybridized carbons (Fsp3) is 0.375. The number of hydrogen-bond acceptors (Lipinski definition) is 4. The van der Waals surface area contributed by atoms with E-state index in [2.05, 4.69) is 10.1 Å². The van der Waals surface area contributed by atoms with Gasteiger partial charge in [0, 0.05) is 18.3 Å². The Labute approximate surface area is 104 Å². The van der Waals surface area contributed by atoms with Crippen molar-refractivity contribution in [2.45, 2.75) is 24.0 Å². The molecule has 19 heavy (non-hydrogen) atoms. The highest BCUT2D eigenvalue weighted by Crippen LogP contribution is 2.36. The van der Waals surface area contributed by atoms with Crippen LogP contribution in [-0.2, 0) is 22.7 Å². The van der Waals surface area contributed by atoms with E-state index < -0.39 is 50.9 Å². The highest BCUT2D eigenvalue weighted by atomic mass is 32.2. The lowest BCUT2D eigenvalue weighted by Gasteiger charge is -2.16. The Kier molecular flexibility index (Phi) is 4.12. The second-order valence-corrected chi connectivity index (χ2v) is 4.92. The van der Waals surface area contributed by atoms with Crippen molar-refractivity contribution in [3.8, 4) is 0 Å². The van der Waals surface area contributed by atoms with Gasteiger partial charge in [0.05, 0.1) is 10.5 Å². The summed E-state index contributed by atoms with van der Waals surface area (Å²) in [7, 11) is -4.80. The Hall–Kier alpha value is -1.33. The molecule has 1 rings (SSSR count). The molecule has 0 aliphatic carbocycles. The van der Waals surface area contributed by atoms with Gasteiger partial charge >= 0.3 is 6.18 Å². The van der Waals surface area contributed by atoms with Gasteiger partial charge in [-0.1, -0.05) is 0 Å². The van der Waals surface area contributed by atoms with Crippen LogP contribution < -0.4 is 10.9 Å². The van der Waals surface area contributed by atoms with Gasteiger partial charge in [-0.05, 0) is 0 Å². The van der Waals surface area contributed by atoms with E-state index in [0.29, 0.717) is 0 Å². The van der Waals surface area contributed by atoms with Crippen LogP contribution >= 0.6 is 0 Å². The van der Waals surface area contributed by atoms with E-state index in [1.165, 1.54) is 0 Å². The van der Waals surface area contributed by atoms with Gasteiger partial charge in [-0.2, -0.15) is 13.2 Å². The van der Waals surface area contributed by atoms with Crippen molar-refractivity contribution in [2.24, 2.45) is 10.9 Å². The molecule has 0 unspecified atom stereocenters. The van der Waals surface area contributed by atoms with Crippen LogP contribution in [0.2, 0.25) is 0 Å². The number of alkyl halides is 5. The summed E-state index contributed by atoms with van der Waals surface area (Å²) in [5, 5.41) is 4.67. The molecule has 4 N–H and O–H groups in total. The number of sulfonamides is 1. The van der Waals surface area contributed by atoms with Crippen LogP contribution in [0.1, 0.15) is 23.2 Å². The molecule has 0 saturated heterocycles. The SMILES string of the molecule is NCc1c(C(F)(F)F)ncc(C(F)F)c1S(N)(=O)=O. The number of nitrogens with zero attached hydrogens (tertiary/aromatic N) is 1. The number of pyridine rings is 1. The molecule has 0 fully saturated rings. The van der Waals surface area contributed by atoms with Crippen LogP contribution in [0.3, 0.4) is 0 Å². The van der Waals surface area contributed by atoms with Crippen molar-refractivity contribution in [3.05, 3.63) is 23.0 Å². The van der Waals surface area contributed by atoms with Gasteiger partial charge in [0.2, 0.25) is 10.0 Å². The number of primary sulfonamides is 1. The topological polar surface area (TPSA) is 99.1 Å². The molecule has 0 saturated carbocycles. The van der Waals surface area contributed by atoms with Crippen molar-refractivity contribution in [3.63, 3.8) is 0 Å². The molecule has 0 spiro atoms. The Morgan fingerprint density at radius 2 is 1.84 bits per heavy atom. The maximum atomic E-state index is 12.6. The molecular weight excluding hydrogens is 297 g/mol. The molecule has 1 aromatic rings. The first-order valence-electron chi connectivity index (χ1n) is 4.60. The Balaban J connectivity index is 3.81. The predicted octanol–water partition coefficient (Wildman–Crippen LogP) is 1.14. The van der Waals surface area contributed by atoms with Crippen LogP contribution in [0.15, 0.2) is 11.1 Å². The number of halogens is 5. The quantitative estimate of drug-likeness (QED) is 0.818. The second kappa shape index (κ2) is 4.98. The maximum absolute atomic E-state index is 12.6. The average molecular weight is 305 g/mol. The van der Waals surface area contributed by atoms with Crippen molar-refractivity contribution >= 4 is 10.0 Å². The van der Waals surface area contributed by atoms with Gasteiger partial charge in [-0.25, -0.2) is 22.3 Å². The summed E-state index contributed by atoms with van der Waals surface area (Å²) in [6, 6.07) is 0. The molecule has 0 radical (unpaired) electrons. The smallest absolute Gasteiger partial charge is 0.326 e. The summed E-state index contributed by atoms with van der Waals surface area (Å²) in [5.74, 6) is 0. The van der Waals surface area contributed by atoms with Gasteiger partial charge in [-0.3, -0.25) is 4.98 Å². The maximum Gasteiger partial charge on any atom is 0.433 e. The van der Waals surface area contributed by atoms with E-state index in [4.69, 9.17) is 5.73 Å². The van der Waals surface area contributed by atoms with Gasteiger partial charge in [0.15, 0.2) is 0 Å². The van der Waals surface area contributed by atoms with Gasteiger partial charge in [-0.15, -0.1) is 0 Å². The summed E-state index contributed by atoms with van der Waals surface area (Å²) in [5.41, 5.74) is 1.07. The molecule has 5 nitrogen and oxygen atoms in total. The Morgan fingerprint density at radius 1 is 1.32 bits per heavy atom. The predicted molar refractivity (Wildman–Crippen MR) is 53.5 cm³/mol. The summed E-state index contributed by atoms with van der Waals surface area (Å²) < 4.78 is 85.4. The highest BCUT2D eigenvalue weighted by Gasteiger charge is 2.39. The fourth-order valence-corrected chi connectivity index (χ4v) is 2.47. The molecule has 0 bridgehead atoms. The molecule has 0 aliphatic heterocycles. The molecule has 11 heteroatoms. The first-order valence-corrected chi connectivity index (χ1v) is 6.14. The first-order chi connectivity index (χ1) is 8.50. The summed E-state index contributed by atoms with van der Waals surface area (Å²) in [6.07, 6.45) is -8.25. The van der Waals surface area contributed by atoms with Crippen LogP contribution in [-0.4, -0.2) is 13.4 Å². The summed E-state index contributed by atoms with van der Waals surface area (Å²) in [4.78, 5) is 1.48. The Bertz CT molecular complexity index is 585. The lowest BCUT2D eigenvalue weighted by molar-refractivity contribution is -0.142. The fourth-order valence-electron chi connectivity index (χ4n) is 1.48. The van der Waals surface area contributed by atoms with Crippen LogP contribution in [0.25, 0.3) is 0 Å². The van der Waals surface area contributed by atoms with Crippen molar-refractivity contribution in [2.75, 3.05) is 0 Å². The lowest BCUT2D eigenvalue weighted by atomic mass is 10.1. The van der Waals surface area contributed by atoms with Crippen LogP contribution in [0.4, 0.5) is 22.0 Å². The van der Waals surface area contributed by atoms with E-state index in [-0.39, 0.29) is 6.20 Å². The third-order valence-electron chi connectivity index (χ3n) is 2.15. The number of rotatable bonds is 3. The Morgan fingerprint density at radius 3 is 2.16 bits per heavy atom. The van der Waals surface area contributed by atoms with Crippen molar-refractivity contribution in [1.29, 1.82) is 0 Å². The molecule has 0 aliphatic rings. The molecule has 1 aromatic heterocycles. The van der Waals surface area contributed by atoms with E-state index in [1.807, 2.05) is 0 Å². The minimum absolute atomic E-state index is 0.131. The molecule has 1 heterocycles. The molecule has 108 valence electrons. The summed E-state index contributed by atoms with van der Waals surface area (Å²) in [6.45, 7) is -0.950. The zero-order valence-corrected chi connectivity index (χ0v) is 9.89. The lowest BCUT2D eigenvalue weighted by Crippen LogP contribution is -2.24. The molecule has 0 atom stereocenters. The van der Waals surface area contributed by atoms with Crippen LogP contribution in [0.5, 0.6) is 0 Å². The summed E-state index contributed by atoms with van der Waals surface area (Å²) >= 11 is 0. The van der Waals surface area contributed by atoms with Gasteiger partial charge in [0.25, 0.3) is 6.43 Å². The third-order valence-corrected chi connectivity index (χ3v) is 3.20. The highest BCUT2D eigenvalue weighted by molar-refractivity contribution is 7.89. The zero-order valence-electron chi connectivity index (χ0n) is 9.08. The molecule has 0 amide bonds. The molecular formula is C8H8F5N3O2S. The largest absolute Gasteiger partial charge is 0.433 e. The first kappa shape index (κ1) is 15.7. The van der Waals surface area contributed by atoms with Gasteiger partial charge < -0.3 is 5.73 Å². The monoisotopic (exact) mass is 305 g/mol. The average Bonchev–Trinajstić information content (AvgIpc) is 2.24. The van der Waals surface area contributed by atoms with E-state index in [1.54, 1.807) is 0 Å². The van der Waals surface area contributed by atoms with Crippen molar-refractivity contribution < 1.29 is 30.4 Å². The number of nitrogens with two attached hydrogens (primary N) is 2. The normalized spacial score (nSPS) is 13.1. The standard InChI is InChI=1S/C8H8F5N3O2S/c9-7(10)4-2-16-6(8(11,12)13)3(1-14)5(4)19(15,17)18/h2,7H,1,14H2,(H2,15,17,18). The van der Waals surface area contributed by atoms with Crippen molar-refractivity contribution in [1.82, 2.24) is 4.98 Å². The molecule has 0 aromatic carbocycles. The van der Waals surface area contributed by atoms with E-state index >= 15 is 0 Å². The van der Waals surface area contributed by atoms with Gasteiger partial charge in [0.1, 0.15) is 5.69 Å². The number of aromatic nitrogens is 1.